The average Bonchev–Trinajstić information content (AvgIpc) is 3.14. The number of urea groups is 1. The standard InChI is InChI=1S/C19H25FN2O4/c1-12-9-14(18(23)24)11-22(10-12)19(25)21-17(16-3-2-8-26-16)13-4-6-15(20)7-5-13/h4-7,12,14,16-17H,2-3,8-11H2,1H3,(H,21,25)(H,23,24). The van der Waals surface area contributed by atoms with Crippen molar-refractivity contribution in [3.8, 4) is 0 Å². The van der Waals surface area contributed by atoms with Crippen LogP contribution in [0.2, 0.25) is 0 Å². The number of carboxylic acids is 1. The molecule has 1 aromatic rings. The van der Waals surface area contributed by atoms with Crippen molar-refractivity contribution in [2.45, 2.75) is 38.3 Å². The van der Waals surface area contributed by atoms with Crippen molar-refractivity contribution in [3.05, 3.63) is 35.6 Å². The number of nitrogens with zero attached hydrogens (tertiary/aromatic N) is 1. The molecule has 2 saturated heterocycles. The fraction of sp³-hybridized carbons (Fsp3) is 0.579. The van der Waals surface area contributed by atoms with Crippen LogP contribution in [0.15, 0.2) is 24.3 Å². The number of rotatable bonds is 4. The highest BCUT2D eigenvalue weighted by Gasteiger charge is 2.35. The second-order valence-electron chi connectivity index (χ2n) is 7.31. The fourth-order valence-electron chi connectivity index (χ4n) is 3.85. The number of hydrogen-bond donors (Lipinski definition) is 2. The zero-order valence-corrected chi connectivity index (χ0v) is 14.9. The third-order valence-corrected chi connectivity index (χ3v) is 5.14. The van der Waals surface area contributed by atoms with Gasteiger partial charge in [-0.3, -0.25) is 4.79 Å². The van der Waals surface area contributed by atoms with Crippen LogP contribution in [0.3, 0.4) is 0 Å². The zero-order valence-electron chi connectivity index (χ0n) is 14.9. The van der Waals surface area contributed by atoms with E-state index >= 15 is 0 Å². The molecular formula is C19H25FN2O4. The highest BCUT2D eigenvalue weighted by atomic mass is 19.1. The number of halogens is 1. The van der Waals surface area contributed by atoms with Gasteiger partial charge in [0, 0.05) is 19.7 Å². The van der Waals surface area contributed by atoms with E-state index in [1.165, 1.54) is 12.1 Å². The normalized spacial score (nSPS) is 27.2. The van der Waals surface area contributed by atoms with Crippen LogP contribution in [-0.2, 0) is 9.53 Å². The Bertz CT molecular complexity index is 645. The van der Waals surface area contributed by atoms with Crippen LogP contribution < -0.4 is 5.32 Å². The summed E-state index contributed by atoms with van der Waals surface area (Å²) in [4.78, 5) is 25.7. The Kier molecular flexibility index (Phi) is 5.76. The summed E-state index contributed by atoms with van der Waals surface area (Å²) >= 11 is 0. The molecular weight excluding hydrogens is 339 g/mol. The average molecular weight is 364 g/mol. The minimum Gasteiger partial charge on any atom is -0.481 e. The summed E-state index contributed by atoms with van der Waals surface area (Å²) in [5, 5.41) is 12.3. The summed E-state index contributed by atoms with van der Waals surface area (Å²) in [6.07, 6.45) is 2.14. The molecule has 0 aliphatic carbocycles. The van der Waals surface area contributed by atoms with E-state index < -0.39 is 11.9 Å². The number of hydrogen-bond acceptors (Lipinski definition) is 3. The first-order chi connectivity index (χ1) is 12.4. The summed E-state index contributed by atoms with van der Waals surface area (Å²) in [6.45, 7) is 3.32. The molecule has 0 saturated carbocycles. The van der Waals surface area contributed by atoms with E-state index in [0.29, 0.717) is 19.6 Å². The molecule has 0 bridgehead atoms. The van der Waals surface area contributed by atoms with Gasteiger partial charge in [-0.05, 0) is 42.9 Å². The molecule has 4 unspecified atom stereocenters. The Morgan fingerprint density at radius 1 is 1.31 bits per heavy atom. The number of benzene rings is 1. The zero-order chi connectivity index (χ0) is 18.7. The highest BCUT2D eigenvalue weighted by Crippen LogP contribution is 2.28. The fourth-order valence-corrected chi connectivity index (χ4v) is 3.85. The van der Waals surface area contributed by atoms with Crippen molar-refractivity contribution in [1.29, 1.82) is 0 Å². The smallest absolute Gasteiger partial charge is 0.318 e. The molecule has 2 aliphatic rings. The maximum Gasteiger partial charge on any atom is 0.318 e. The van der Waals surface area contributed by atoms with Gasteiger partial charge in [0.1, 0.15) is 5.82 Å². The van der Waals surface area contributed by atoms with Gasteiger partial charge in [0.05, 0.1) is 18.1 Å². The molecule has 6 nitrogen and oxygen atoms in total. The largest absolute Gasteiger partial charge is 0.481 e. The van der Waals surface area contributed by atoms with Gasteiger partial charge in [0.25, 0.3) is 0 Å². The molecule has 2 N–H and O–H groups in total. The molecule has 142 valence electrons. The molecule has 2 fully saturated rings. The first-order valence-corrected chi connectivity index (χ1v) is 9.09. The van der Waals surface area contributed by atoms with E-state index in [9.17, 15) is 19.1 Å². The van der Waals surface area contributed by atoms with Crippen LogP contribution in [0.1, 0.15) is 37.8 Å². The highest BCUT2D eigenvalue weighted by molar-refractivity contribution is 5.77. The lowest BCUT2D eigenvalue weighted by atomic mass is 9.90. The number of likely N-dealkylation sites (tertiary alicyclic amines) is 1. The van der Waals surface area contributed by atoms with Gasteiger partial charge in [0.2, 0.25) is 0 Å². The van der Waals surface area contributed by atoms with Crippen molar-refractivity contribution < 1.29 is 23.8 Å². The van der Waals surface area contributed by atoms with E-state index in [0.717, 1.165) is 18.4 Å². The Hall–Kier alpha value is -2.15. The number of piperidine rings is 1. The molecule has 26 heavy (non-hydrogen) atoms. The second kappa shape index (κ2) is 8.03. The summed E-state index contributed by atoms with van der Waals surface area (Å²) in [5.41, 5.74) is 0.784. The number of carbonyl (C=O) groups is 2. The molecule has 2 aliphatic heterocycles. The van der Waals surface area contributed by atoms with Crippen LogP contribution in [-0.4, -0.2) is 47.8 Å². The molecule has 2 amide bonds. The van der Waals surface area contributed by atoms with Gasteiger partial charge in [-0.15, -0.1) is 0 Å². The minimum atomic E-state index is -0.872. The quantitative estimate of drug-likeness (QED) is 0.861. The van der Waals surface area contributed by atoms with Gasteiger partial charge >= 0.3 is 12.0 Å². The van der Waals surface area contributed by atoms with Crippen LogP contribution in [0.5, 0.6) is 0 Å². The number of nitrogens with one attached hydrogen (secondary N) is 1. The van der Waals surface area contributed by atoms with E-state index in [-0.39, 0.29) is 36.5 Å². The lowest BCUT2D eigenvalue weighted by Crippen LogP contribution is -2.51. The maximum atomic E-state index is 13.3. The van der Waals surface area contributed by atoms with Gasteiger partial charge < -0.3 is 20.1 Å². The molecule has 0 aromatic heterocycles. The lowest BCUT2D eigenvalue weighted by Gasteiger charge is -2.36. The summed E-state index contributed by atoms with van der Waals surface area (Å²) in [5.74, 6) is -1.62. The van der Waals surface area contributed by atoms with Gasteiger partial charge in [-0.25, -0.2) is 9.18 Å². The number of carboxylic acid groups (broad SMARTS) is 1. The first-order valence-electron chi connectivity index (χ1n) is 9.09. The summed E-state index contributed by atoms with van der Waals surface area (Å²) in [7, 11) is 0. The predicted octanol–water partition coefficient (Wildman–Crippen LogP) is 2.80. The number of amides is 2. The Labute approximate surface area is 152 Å². The minimum absolute atomic E-state index is 0.127. The SMILES string of the molecule is CC1CC(C(=O)O)CN(C(=O)NC(c2ccc(F)cc2)C2CCCO2)C1. The molecule has 7 heteroatoms. The number of ether oxygens (including phenoxy) is 1. The second-order valence-corrected chi connectivity index (χ2v) is 7.31. The van der Waals surface area contributed by atoms with Gasteiger partial charge in [-0.2, -0.15) is 0 Å². The number of carbonyl (C=O) groups excluding carboxylic acids is 1. The van der Waals surface area contributed by atoms with Crippen LogP contribution in [0.25, 0.3) is 0 Å². The van der Waals surface area contributed by atoms with Crippen molar-refractivity contribution in [1.82, 2.24) is 10.2 Å². The topological polar surface area (TPSA) is 78.9 Å². The summed E-state index contributed by atoms with van der Waals surface area (Å²) < 4.78 is 19.0. The molecule has 1 aromatic carbocycles. The Balaban J connectivity index is 1.74. The molecule has 0 radical (unpaired) electrons. The van der Waals surface area contributed by atoms with Crippen molar-refractivity contribution in [3.63, 3.8) is 0 Å². The van der Waals surface area contributed by atoms with Crippen LogP contribution >= 0.6 is 0 Å². The first kappa shape index (κ1) is 18.6. The van der Waals surface area contributed by atoms with E-state index in [2.05, 4.69) is 5.32 Å². The monoisotopic (exact) mass is 364 g/mol. The number of aliphatic carboxylic acids is 1. The third-order valence-electron chi connectivity index (χ3n) is 5.14. The summed E-state index contributed by atoms with van der Waals surface area (Å²) in [6, 6.07) is 5.36. The Morgan fingerprint density at radius 3 is 2.65 bits per heavy atom. The maximum absolute atomic E-state index is 13.3. The van der Waals surface area contributed by atoms with E-state index in [4.69, 9.17) is 4.74 Å². The molecule has 2 heterocycles. The van der Waals surface area contributed by atoms with Crippen LogP contribution in [0.4, 0.5) is 9.18 Å². The third kappa shape index (κ3) is 4.33. The van der Waals surface area contributed by atoms with Gasteiger partial charge in [0.15, 0.2) is 0 Å². The van der Waals surface area contributed by atoms with Crippen molar-refractivity contribution in [2.24, 2.45) is 11.8 Å². The molecule has 3 rings (SSSR count). The van der Waals surface area contributed by atoms with Crippen molar-refractivity contribution in [2.75, 3.05) is 19.7 Å². The van der Waals surface area contributed by atoms with E-state index in [1.54, 1.807) is 17.0 Å². The molecule has 0 spiro atoms. The van der Waals surface area contributed by atoms with Crippen molar-refractivity contribution >= 4 is 12.0 Å². The molecule has 4 atom stereocenters. The predicted molar refractivity (Wildman–Crippen MR) is 93.1 cm³/mol. The van der Waals surface area contributed by atoms with Gasteiger partial charge in [-0.1, -0.05) is 19.1 Å². The lowest BCUT2D eigenvalue weighted by molar-refractivity contribution is -0.143. The van der Waals surface area contributed by atoms with Crippen LogP contribution in [0, 0.1) is 17.7 Å². The van der Waals surface area contributed by atoms with E-state index in [1.807, 2.05) is 6.92 Å². The Morgan fingerprint density at radius 2 is 2.04 bits per heavy atom.